The molecule has 5 nitrogen and oxygen atoms in total. The summed E-state index contributed by atoms with van der Waals surface area (Å²) >= 11 is 0. The van der Waals surface area contributed by atoms with Crippen LogP contribution in [0.2, 0.25) is 0 Å². The van der Waals surface area contributed by atoms with Crippen LogP contribution in [0.1, 0.15) is 38.5 Å². The van der Waals surface area contributed by atoms with Crippen molar-refractivity contribution in [3.63, 3.8) is 0 Å². The largest absolute Gasteiger partial charge is 0.481 e. The molecule has 0 aliphatic carbocycles. The highest BCUT2D eigenvalue weighted by Crippen LogP contribution is 2.13. The molecule has 0 saturated heterocycles. The highest BCUT2D eigenvalue weighted by atomic mass is 16.4. The minimum atomic E-state index is -0.775. The lowest BCUT2D eigenvalue weighted by atomic mass is 10.1. The normalized spacial score (nSPS) is 14.9. The van der Waals surface area contributed by atoms with Crippen molar-refractivity contribution in [1.82, 2.24) is 5.32 Å². The summed E-state index contributed by atoms with van der Waals surface area (Å²) in [5.41, 5.74) is 0.531. The molecule has 88 valence electrons. The molecule has 1 rings (SSSR count). The number of amides is 2. The number of hydrogen-bond acceptors (Lipinski definition) is 3. The van der Waals surface area contributed by atoms with Crippen molar-refractivity contribution in [2.75, 3.05) is 0 Å². The summed E-state index contributed by atoms with van der Waals surface area (Å²) in [5, 5.41) is 10.6. The van der Waals surface area contributed by atoms with Crippen LogP contribution >= 0.6 is 0 Å². The maximum atomic E-state index is 11.1. The molecule has 0 fully saturated rings. The van der Waals surface area contributed by atoms with Gasteiger partial charge in [0.1, 0.15) is 0 Å². The van der Waals surface area contributed by atoms with Gasteiger partial charge >= 0.3 is 5.97 Å². The second-order valence-corrected chi connectivity index (χ2v) is 3.80. The number of carboxylic acids is 1. The van der Waals surface area contributed by atoms with E-state index >= 15 is 0 Å². The lowest BCUT2D eigenvalue weighted by Gasteiger charge is -2.00. The number of unbranched alkanes of at least 4 members (excludes halogenated alkanes) is 3. The molecule has 16 heavy (non-hydrogen) atoms. The summed E-state index contributed by atoms with van der Waals surface area (Å²) in [6.45, 7) is 0. The van der Waals surface area contributed by atoms with Crippen LogP contribution in [0.3, 0.4) is 0 Å². The number of carbonyl (C=O) groups is 3. The monoisotopic (exact) mass is 225 g/mol. The number of rotatable bonds is 7. The fourth-order valence-electron chi connectivity index (χ4n) is 1.58. The SMILES string of the molecule is O=C(O)CCCCCCC1=CC(=O)NC1=O. The third-order valence-electron chi connectivity index (χ3n) is 2.42. The summed E-state index contributed by atoms with van der Waals surface area (Å²) < 4.78 is 0. The van der Waals surface area contributed by atoms with E-state index in [1.54, 1.807) is 0 Å². The Morgan fingerprint density at radius 3 is 2.44 bits per heavy atom. The maximum absolute atomic E-state index is 11.1. The smallest absolute Gasteiger partial charge is 0.303 e. The van der Waals surface area contributed by atoms with Crippen LogP contribution in [0.4, 0.5) is 0 Å². The topological polar surface area (TPSA) is 83.5 Å². The summed E-state index contributed by atoms with van der Waals surface area (Å²) in [6.07, 6.45) is 5.32. The molecular weight excluding hydrogens is 210 g/mol. The van der Waals surface area contributed by atoms with E-state index in [4.69, 9.17) is 5.11 Å². The molecular formula is C11H15NO4. The van der Waals surface area contributed by atoms with Gasteiger partial charge in [-0.1, -0.05) is 12.8 Å². The van der Waals surface area contributed by atoms with Gasteiger partial charge in [-0.15, -0.1) is 0 Å². The average molecular weight is 225 g/mol. The predicted octanol–water partition coefficient (Wildman–Crippen LogP) is 0.994. The molecule has 0 aromatic carbocycles. The van der Waals surface area contributed by atoms with Gasteiger partial charge in [-0.2, -0.15) is 0 Å². The Morgan fingerprint density at radius 1 is 1.19 bits per heavy atom. The van der Waals surface area contributed by atoms with Crippen LogP contribution in [0.15, 0.2) is 11.6 Å². The summed E-state index contributed by atoms with van der Waals surface area (Å²) in [4.78, 5) is 32.1. The molecule has 0 aromatic rings. The zero-order valence-electron chi connectivity index (χ0n) is 8.99. The molecule has 1 heterocycles. The van der Waals surface area contributed by atoms with Crippen LogP contribution in [-0.2, 0) is 14.4 Å². The number of hydrogen-bond donors (Lipinski definition) is 2. The fraction of sp³-hybridized carbons (Fsp3) is 0.545. The van der Waals surface area contributed by atoms with E-state index in [9.17, 15) is 14.4 Å². The van der Waals surface area contributed by atoms with Crippen LogP contribution in [0.5, 0.6) is 0 Å². The van der Waals surface area contributed by atoms with E-state index in [0.29, 0.717) is 18.4 Å². The second-order valence-electron chi connectivity index (χ2n) is 3.80. The molecule has 2 amide bonds. The van der Waals surface area contributed by atoms with E-state index in [1.165, 1.54) is 6.08 Å². The Hall–Kier alpha value is -1.65. The Labute approximate surface area is 93.5 Å². The third-order valence-corrected chi connectivity index (χ3v) is 2.42. The molecule has 0 aromatic heterocycles. The minimum Gasteiger partial charge on any atom is -0.481 e. The molecule has 2 N–H and O–H groups in total. The number of carboxylic acid groups (broad SMARTS) is 1. The molecule has 0 saturated carbocycles. The molecule has 0 radical (unpaired) electrons. The van der Waals surface area contributed by atoms with Crippen LogP contribution < -0.4 is 5.32 Å². The van der Waals surface area contributed by atoms with Gasteiger partial charge in [-0.05, 0) is 19.3 Å². The Balaban J connectivity index is 2.08. The van der Waals surface area contributed by atoms with Gasteiger partial charge in [0.05, 0.1) is 0 Å². The van der Waals surface area contributed by atoms with Crippen molar-refractivity contribution < 1.29 is 19.5 Å². The summed E-state index contributed by atoms with van der Waals surface area (Å²) in [7, 11) is 0. The standard InChI is InChI=1S/C11H15NO4/c13-9-7-8(11(16)12-9)5-3-1-2-4-6-10(14)15/h7H,1-6H2,(H,14,15)(H,12,13,16). The molecule has 0 unspecified atom stereocenters. The lowest BCUT2D eigenvalue weighted by Crippen LogP contribution is -2.22. The average Bonchev–Trinajstić information content (AvgIpc) is 2.50. The van der Waals surface area contributed by atoms with E-state index in [2.05, 4.69) is 5.32 Å². The van der Waals surface area contributed by atoms with Crippen molar-refractivity contribution in [2.45, 2.75) is 38.5 Å². The van der Waals surface area contributed by atoms with Gasteiger partial charge in [-0.25, -0.2) is 0 Å². The molecule has 0 atom stereocenters. The Bertz CT molecular complexity index is 333. The molecule has 1 aliphatic heterocycles. The first-order valence-corrected chi connectivity index (χ1v) is 5.37. The first-order chi connectivity index (χ1) is 7.59. The van der Waals surface area contributed by atoms with Gasteiger partial charge in [0.15, 0.2) is 0 Å². The van der Waals surface area contributed by atoms with Crippen LogP contribution in [-0.4, -0.2) is 22.9 Å². The third kappa shape index (κ3) is 4.25. The fourth-order valence-corrected chi connectivity index (χ4v) is 1.58. The van der Waals surface area contributed by atoms with Gasteiger partial charge < -0.3 is 5.11 Å². The summed E-state index contributed by atoms with van der Waals surface area (Å²) in [6, 6.07) is 0. The second kappa shape index (κ2) is 6.05. The zero-order valence-corrected chi connectivity index (χ0v) is 8.99. The highest BCUT2D eigenvalue weighted by Gasteiger charge is 2.19. The van der Waals surface area contributed by atoms with Crippen molar-refractivity contribution in [2.24, 2.45) is 0 Å². The van der Waals surface area contributed by atoms with E-state index in [1.807, 2.05) is 0 Å². The zero-order chi connectivity index (χ0) is 12.0. The molecule has 5 heteroatoms. The van der Waals surface area contributed by atoms with E-state index < -0.39 is 5.97 Å². The van der Waals surface area contributed by atoms with Gasteiger partial charge in [0, 0.05) is 18.1 Å². The Kier molecular flexibility index (Phi) is 4.69. The maximum Gasteiger partial charge on any atom is 0.303 e. The minimum absolute atomic E-state index is 0.196. The van der Waals surface area contributed by atoms with Crippen LogP contribution in [0, 0.1) is 0 Å². The first-order valence-electron chi connectivity index (χ1n) is 5.37. The number of imide groups is 1. The first kappa shape index (κ1) is 12.4. The van der Waals surface area contributed by atoms with E-state index in [-0.39, 0.29) is 18.2 Å². The lowest BCUT2D eigenvalue weighted by molar-refractivity contribution is -0.137. The summed E-state index contributed by atoms with van der Waals surface area (Å²) in [5.74, 6) is -1.41. The van der Waals surface area contributed by atoms with Gasteiger partial charge in [0.25, 0.3) is 11.8 Å². The van der Waals surface area contributed by atoms with Crippen LogP contribution in [0.25, 0.3) is 0 Å². The predicted molar refractivity (Wildman–Crippen MR) is 56.6 cm³/mol. The molecule has 0 spiro atoms. The number of aliphatic carboxylic acids is 1. The van der Waals surface area contributed by atoms with Gasteiger partial charge in [0.2, 0.25) is 0 Å². The quantitative estimate of drug-likeness (QED) is 0.500. The van der Waals surface area contributed by atoms with E-state index in [0.717, 1.165) is 19.3 Å². The van der Waals surface area contributed by atoms with Crippen molar-refractivity contribution >= 4 is 17.8 Å². The highest BCUT2D eigenvalue weighted by molar-refractivity contribution is 6.16. The Morgan fingerprint density at radius 2 is 1.88 bits per heavy atom. The number of nitrogens with one attached hydrogen (secondary N) is 1. The number of carbonyl (C=O) groups excluding carboxylic acids is 2. The molecule has 1 aliphatic rings. The van der Waals surface area contributed by atoms with Gasteiger partial charge in [-0.3, -0.25) is 19.7 Å². The van der Waals surface area contributed by atoms with Crippen molar-refractivity contribution in [3.05, 3.63) is 11.6 Å². The van der Waals surface area contributed by atoms with Crippen molar-refractivity contribution in [3.8, 4) is 0 Å². The van der Waals surface area contributed by atoms with Crippen molar-refractivity contribution in [1.29, 1.82) is 0 Å². The molecule has 0 bridgehead atoms.